The van der Waals surface area contributed by atoms with E-state index >= 15 is 0 Å². The van der Waals surface area contributed by atoms with Crippen molar-refractivity contribution in [3.8, 4) is 0 Å². The van der Waals surface area contributed by atoms with Crippen molar-refractivity contribution in [1.29, 1.82) is 0 Å². The molecule has 0 amide bonds. The van der Waals surface area contributed by atoms with E-state index in [9.17, 15) is 0 Å². The van der Waals surface area contributed by atoms with Crippen LogP contribution in [0.5, 0.6) is 0 Å². The minimum atomic E-state index is 0.391. The summed E-state index contributed by atoms with van der Waals surface area (Å²) in [7, 11) is 0. The van der Waals surface area contributed by atoms with E-state index in [1.807, 2.05) is 0 Å². The van der Waals surface area contributed by atoms with Gasteiger partial charge in [-0.05, 0) is 64.6 Å². The monoisotopic (exact) mass is 182 g/mol. The Hall–Kier alpha value is -0.0800. The van der Waals surface area contributed by atoms with E-state index in [2.05, 4.69) is 24.5 Å². The summed E-state index contributed by atoms with van der Waals surface area (Å²) in [5.74, 6) is 1.85. The molecule has 76 valence electrons. The van der Waals surface area contributed by atoms with Crippen LogP contribution in [0.4, 0.5) is 0 Å². The fourth-order valence-corrected chi connectivity index (χ4v) is 2.82. The lowest BCUT2D eigenvalue weighted by molar-refractivity contribution is 0.270. The van der Waals surface area contributed by atoms with Crippen molar-refractivity contribution >= 4 is 0 Å². The molecule has 0 aliphatic carbocycles. The molecular formula is C11H22N2. The van der Waals surface area contributed by atoms with Crippen molar-refractivity contribution in [2.75, 3.05) is 19.6 Å². The highest BCUT2D eigenvalue weighted by Crippen LogP contribution is 2.31. The molecular weight excluding hydrogens is 160 g/mol. The zero-order chi connectivity index (χ0) is 9.31. The topological polar surface area (TPSA) is 24.1 Å². The Balaban J connectivity index is 1.87. The Morgan fingerprint density at radius 2 is 2.00 bits per heavy atom. The molecule has 2 nitrogen and oxygen atoms in total. The third kappa shape index (κ3) is 2.23. The van der Waals surface area contributed by atoms with Crippen LogP contribution in [0.1, 0.15) is 33.1 Å². The average molecular weight is 182 g/mol. The average Bonchev–Trinajstić information content (AvgIpc) is 2.48. The quantitative estimate of drug-likeness (QED) is 0.640. The minimum Gasteiger partial charge on any atom is -0.316 e. The Labute approximate surface area is 81.5 Å². The molecule has 2 heteroatoms. The molecule has 0 spiro atoms. The van der Waals surface area contributed by atoms with Gasteiger partial charge in [0.25, 0.3) is 0 Å². The molecule has 0 radical (unpaired) electrons. The fraction of sp³-hybridized carbons (Fsp3) is 1.00. The molecule has 2 aliphatic rings. The first-order chi connectivity index (χ1) is 6.17. The third-order valence-electron chi connectivity index (χ3n) is 3.62. The van der Waals surface area contributed by atoms with Gasteiger partial charge in [0.15, 0.2) is 0 Å². The maximum absolute atomic E-state index is 3.62. The molecule has 13 heavy (non-hydrogen) atoms. The van der Waals surface area contributed by atoms with Gasteiger partial charge >= 0.3 is 0 Å². The molecule has 2 saturated heterocycles. The first-order valence-electron chi connectivity index (χ1n) is 5.63. The van der Waals surface area contributed by atoms with Crippen LogP contribution in [0.2, 0.25) is 0 Å². The Kier molecular flexibility index (Phi) is 2.61. The fourth-order valence-electron chi connectivity index (χ4n) is 2.82. The van der Waals surface area contributed by atoms with Crippen molar-refractivity contribution in [1.82, 2.24) is 10.6 Å². The highest BCUT2D eigenvalue weighted by molar-refractivity contribution is 4.93. The minimum absolute atomic E-state index is 0.391. The largest absolute Gasteiger partial charge is 0.316 e. The lowest BCUT2D eigenvalue weighted by atomic mass is 9.82. The number of hydrogen-bond acceptors (Lipinski definition) is 2. The maximum Gasteiger partial charge on any atom is 0.0128 e. The zero-order valence-electron chi connectivity index (χ0n) is 8.90. The normalized spacial score (nSPS) is 39.2. The summed E-state index contributed by atoms with van der Waals surface area (Å²) in [5, 5.41) is 7.13. The summed E-state index contributed by atoms with van der Waals surface area (Å²) in [6, 6.07) is 0. The standard InChI is InChI=1S/C11H22N2/c1-11(2)6-10(8-13-11)9-4-3-5-12-7-9/h9-10,12-13H,3-8H2,1-2H3. The molecule has 0 aromatic heterocycles. The van der Waals surface area contributed by atoms with E-state index in [0.717, 1.165) is 11.8 Å². The lowest BCUT2D eigenvalue weighted by Crippen LogP contribution is -2.34. The second kappa shape index (κ2) is 3.58. The van der Waals surface area contributed by atoms with Crippen LogP contribution < -0.4 is 10.6 Å². The van der Waals surface area contributed by atoms with Crippen molar-refractivity contribution in [2.24, 2.45) is 11.8 Å². The SMILES string of the molecule is CC1(C)CC(C2CCCNC2)CN1. The molecule has 2 fully saturated rings. The van der Waals surface area contributed by atoms with E-state index < -0.39 is 0 Å². The summed E-state index contributed by atoms with van der Waals surface area (Å²) in [4.78, 5) is 0. The lowest BCUT2D eigenvalue weighted by Gasteiger charge is -2.28. The molecule has 2 atom stereocenters. The van der Waals surface area contributed by atoms with E-state index in [1.165, 1.54) is 38.9 Å². The van der Waals surface area contributed by atoms with Gasteiger partial charge in [-0.3, -0.25) is 0 Å². The highest BCUT2D eigenvalue weighted by atomic mass is 15.0. The number of piperidine rings is 1. The number of hydrogen-bond donors (Lipinski definition) is 2. The van der Waals surface area contributed by atoms with Crippen molar-refractivity contribution in [2.45, 2.75) is 38.6 Å². The van der Waals surface area contributed by atoms with Crippen LogP contribution in [-0.4, -0.2) is 25.2 Å². The number of rotatable bonds is 1. The van der Waals surface area contributed by atoms with Crippen LogP contribution in [0.15, 0.2) is 0 Å². The van der Waals surface area contributed by atoms with Gasteiger partial charge < -0.3 is 10.6 Å². The predicted octanol–water partition coefficient (Wildman–Crippen LogP) is 1.37. The van der Waals surface area contributed by atoms with E-state index in [0.29, 0.717) is 5.54 Å². The van der Waals surface area contributed by atoms with Gasteiger partial charge in [0.05, 0.1) is 0 Å². The summed E-state index contributed by atoms with van der Waals surface area (Å²) in [5.41, 5.74) is 0.391. The van der Waals surface area contributed by atoms with Gasteiger partial charge in [-0.1, -0.05) is 0 Å². The van der Waals surface area contributed by atoms with E-state index in [4.69, 9.17) is 0 Å². The van der Waals surface area contributed by atoms with Crippen molar-refractivity contribution in [3.05, 3.63) is 0 Å². The van der Waals surface area contributed by atoms with Crippen LogP contribution >= 0.6 is 0 Å². The van der Waals surface area contributed by atoms with Crippen LogP contribution in [-0.2, 0) is 0 Å². The predicted molar refractivity (Wildman–Crippen MR) is 55.8 cm³/mol. The van der Waals surface area contributed by atoms with Crippen LogP contribution in [0, 0.1) is 11.8 Å². The Bertz CT molecular complexity index is 171. The van der Waals surface area contributed by atoms with Gasteiger partial charge in [0.1, 0.15) is 0 Å². The molecule has 2 N–H and O–H groups in total. The smallest absolute Gasteiger partial charge is 0.0128 e. The number of nitrogens with one attached hydrogen (secondary N) is 2. The zero-order valence-corrected chi connectivity index (χ0v) is 8.90. The van der Waals surface area contributed by atoms with Crippen molar-refractivity contribution < 1.29 is 0 Å². The second-order valence-electron chi connectivity index (χ2n) is 5.34. The van der Waals surface area contributed by atoms with Gasteiger partial charge in [-0.2, -0.15) is 0 Å². The van der Waals surface area contributed by atoms with Gasteiger partial charge in [-0.25, -0.2) is 0 Å². The first-order valence-corrected chi connectivity index (χ1v) is 5.63. The van der Waals surface area contributed by atoms with Crippen LogP contribution in [0.25, 0.3) is 0 Å². The molecule has 0 saturated carbocycles. The Morgan fingerprint density at radius 3 is 2.54 bits per heavy atom. The summed E-state index contributed by atoms with van der Waals surface area (Å²) in [6.45, 7) is 8.37. The maximum atomic E-state index is 3.62. The van der Waals surface area contributed by atoms with Gasteiger partial charge in [-0.15, -0.1) is 0 Å². The Morgan fingerprint density at radius 1 is 1.15 bits per heavy atom. The molecule has 0 aromatic rings. The van der Waals surface area contributed by atoms with E-state index in [-0.39, 0.29) is 0 Å². The summed E-state index contributed by atoms with van der Waals surface area (Å²) < 4.78 is 0. The first kappa shape index (κ1) is 9.47. The molecule has 2 unspecified atom stereocenters. The van der Waals surface area contributed by atoms with Gasteiger partial charge in [0.2, 0.25) is 0 Å². The van der Waals surface area contributed by atoms with Crippen LogP contribution in [0.3, 0.4) is 0 Å². The van der Waals surface area contributed by atoms with E-state index in [1.54, 1.807) is 0 Å². The van der Waals surface area contributed by atoms with Crippen molar-refractivity contribution in [3.63, 3.8) is 0 Å². The second-order valence-corrected chi connectivity index (χ2v) is 5.34. The summed E-state index contributed by atoms with van der Waals surface area (Å²) in [6.07, 6.45) is 4.18. The molecule has 2 rings (SSSR count). The third-order valence-corrected chi connectivity index (χ3v) is 3.62. The molecule has 2 aliphatic heterocycles. The molecule has 0 bridgehead atoms. The molecule has 0 aromatic carbocycles. The highest BCUT2D eigenvalue weighted by Gasteiger charge is 2.35. The molecule has 2 heterocycles. The summed E-state index contributed by atoms with van der Waals surface area (Å²) >= 11 is 0. The van der Waals surface area contributed by atoms with Gasteiger partial charge in [0, 0.05) is 5.54 Å².